The summed E-state index contributed by atoms with van der Waals surface area (Å²) in [6, 6.07) is -0.196. The lowest BCUT2D eigenvalue weighted by Gasteiger charge is -2.26. The van der Waals surface area contributed by atoms with Crippen LogP contribution in [0.5, 0.6) is 0 Å². The van der Waals surface area contributed by atoms with E-state index in [0.29, 0.717) is 10.1 Å². The Bertz CT molecular complexity index is 350. The van der Waals surface area contributed by atoms with Gasteiger partial charge in [-0.2, -0.15) is 13.2 Å². The van der Waals surface area contributed by atoms with Crippen molar-refractivity contribution in [2.24, 2.45) is 0 Å². The largest absolute Gasteiger partial charge is 0.401 e. The number of rotatable bonds is 5. The highest BCUT2D eigenvalue weighted by Gasteiger charge is 2.32. The average Bonchev–Trinajstić information content (AvgIpc) is 2.62. The molecule has 0 aromatic carbocycles. The molecule has 17 heavy (non-hydrogen) atoms. The Labute approximate surface area is 102 Å². The molecule has 0 aliphatic carbocycles. The highest BCUT2D eigenvalue weighted by Crippen LogP contribution is 2.22. The Morgan fingerprint density at radius 1 is 1.35 bits per heavy atom. The molecular formula is C9H15F3N4S. The van der Waals surface area contributed by atoms with Gasteiger partial charge in [-0.05, 0) is 13.8 Å². The van der Waals surface area contributed by atoms with Crippen molar-refractivity contribution in [3.63, 3.8) is 0 Å². The van der Waals surface area contributed by atoms with Gasteiger partial charge in [0.2, 0.25) is 5.13 Å². The van der Waals surface area contributed by atoms with Crippen LogP contribution in [-0.4, -0.2) is 40.9 Å². The molecule has 0 aliphatic rings. The smallest absolute Gasteiger partial charge is 0.363 e. The number of halogens is 3. The second-order valence-corrected chi connectivity index (χ2v) is 4.93. The first-order valence-electron chi connectivity index (χ1n) is 5.12. The molecule has 0 atom stereocenters. The van der Waals surface area contributed by atoms with Crippen LogP contribution in [0.4, 0.5) is 18.3 Å². The maximum Gasteiger partial charge on any atom is 0.401 e. The molecule has 1 N–H and O–H groups in total. The molecule has 0 radical (unpaired) electrons. The van der Waals surface area contributed by atoms with E-state index >= 15 is 0 Å². The molecule has 0 aliphatic heterocycles. The number of nitrogens with one attached hydrogen (secondary N) is 1. The minimum absolute atomic E-state index is 0.163. The average molecular weight is 268 g/mol. The summed E-state index contributed by atoms with van der Waals surface area (Å²) in [6.07, 6.45) is -4.19. The van der Waals surface area contributed by atoms with Crippen LogP contribution in [0.3, 0.4) is 0 Å². The minimum Gasteiger partial charge on any atom is -0.363 e. The van der Waals surface area contributed by atoms with Crippen molar-refractivity contribution < 1.29 is 13.2 Å². The predicted octanol–water partition coefficient (Wildman–Crippen LogP) is 2.35. The van der Waals surface area contributed by atoms with E-state index in [0.717, 1.165) is 0 Å². The molecule has 1 aromatic rings. The van der Waals surface area contributed by atoms with E-state index in [1.165, 1.54) is 16.2 Å². The number of aromatic nitrogens is 2. The van der Waals surface area contributed by atoms with E-state index in [1.807, 2.05) is 0 Å². The predicted molar refractivity (Wildman–Crippen MR) is 61.1 cm³/mol. The third-order valence-corrected chi connectivity index (χ3v) is 3.06. The van der Waals surface area contributed by atoms with Crippen LogP contribution in [0, 0.1) is 0 Å². The van der Waals surface area contributed by atoms with Gasteiger partial charge < -0.3 is 5.32 Å². The summed E-state index contributed by atoms with van der Waals surface area (Å²) in [4.78, 5) is 1.32. The lowest BCUT2D eigenvalue weighted by Crippen LogP contribution is -2.38. The standard InChI is InChI=1S/C9H15F3N4S/c1-6(2)16(5-9(10,11)12)4-7-14-15-8(13-3)17-7/h6H,4-5H2,1-3H3,(H,13,15). The van der Waals surface area contributed by atoms with E-state index in [1.54, 1.807) is 20.9 Å². The number of hydrogen-bond donors (Lipinski definition) is 1. The van der Waals surface area contributed by atoms with Gasteiger partial charge in [0.15, 0.2) is 0 Å². The SMILES string of the molecule is CNc1nnc(CN(CC(F)(F)F)C(C)C)s1. The minimum atomic E-state index is -4.19. The summed E-state index contributed by atoms with van der Waals surface area (Å²) in [5.41, 5.74) is 0. The number of anilines is 1. The summed E-state index contributed by atoms with van der Waals surface area (Å²) >= 11 is 1.26. The quantitative estimate of drug-likeness (QED) is 0.890. The lowest BCUT2D eigenvalue weighted by molar-refractivity contribution is -0.150. The van der Waals surface area contributed by atoms with Crippen LogP contribution in [-0.2, 0) is 6.54 Å². The molecule has 1 rings (SSSR count). The van der Waals surface area contributed by atoms with Crippen molar-refractivity contribution in [1.29, 1.82) is 0 Å². The molecular weight excluding hydrogens is 253 g/mol. The number of alkyl halides is 3. The van der Waals surface area contributed by atoms with Gasteiger partial charge in [-0.25, -0.2) is 0 Å². The fraction of sp³-hybridized carbons (Fsp3) is 0.778. The van der Waals surface area contributed by atoms with Crippen molar-refractivity contribution in [3.05, 3.63) is 5.01 Å². The maximum atomic E-state index is 12.4. The Balaban J connectivity index is 2.66. The van der Waals surface area contributed by atoms with Crippen molar-refractivity contribution in [2.45, 2.75) is 32.6 Å². The molecule has 1 aromatic heterocycles. The van der Waals surface area contributed by atoms with Gasteiger partial charge in [0.25, 0.3) is 0 Å². The van der Waals surface area contributed by atoms with Crippen molar-refractivity contribution in [1.82, 2.24) is 15.1 Å². The second-order valence-electron chi connectivity index (χ2n) is 3.86. The fourth-order valence-corrected chi connectivity index (χ4v) is 1.96. The van der Waals surface area contributed by atoms with Gasteiger partial charge in [-0.3, -0.25) is 4.90 Å². The number of nitrogens with zero attached hydrogens (tertiary/aromatic N) is 3. The first-order valence-corrected chi connectivity index (χ1v) is 5.94. The van der Waals surface area contributed by atoms with Crippen LogP contribution in [0.25, 0.3) is 0 Å². The zero-order valence-corrected chi connectivity index (χ0v) is 10.7. The molecule has 98 valence electrons. The highest BCUT2D eigenvalue weighted by molar-refractivity contribution is 7.15. The molecule has 0 fully saturated rings. The summed E-state index contributed by atoms with van der Waals surface area (Å²) < 4.78 is 37.1. The van der Waals surface area contributed by atoms with Gasteiger partial charge in [0.1, 0.15) is 5.01 Å². The van der Waals surface area contributed by atoms with Crippen LogP contribution < -0.4 is 5.32 Å². The Morgan fingerprint density at radius 2 is 2.00 bits per heavy atom. The van der Waals surface area contributed by atoms with E-state index in [9.17, 15) is 13.2 Å². The van der Waals surface area contributed by atoms with Gasteiger partial charge in [0.05, 0.1) is 13.1 Å². The maximum absolute atomic E-state index is 12.4. The third kappa shape index (κ3) is 4.86. The van der Waals surface area contributed by atoms with Crippen LogP contribution >= 0.6 is 11.3 Å². The molecule has 8 heteroatoms. The normalized spacial score (nSPS) is 12.5. The van der Waals surface area contributed by atoms with Crippen molar-refractivity contribution in [2.75, 3.05) is 18.9 Å². The van der Waals surface area contributed by atoms with E-state index in [2.05, 4.69) is 15.5 Å². The van der Waals surface area contributed by atoms with Crippen LogP contribution in [0.2, 0.25) is 0 Å². The van der Waals surface area contributed by atoms with Gasteiger partial charge in [0, 0.05) is 13.1 Å². The topological polar surface area (TPSA) is 41.1 Å². The molecule has 0 spiro atoms. The first kappa shape index (κ1) is 14.2. The van der Waals surface area contributed by atoms with Crippen molar-refractivity contribution in [3.8, 4) is 0 Å². The second kappa shape index (κ2) is 5.63. The summed E-state index contributed by atoms with van der Waals surface area (Å²) in [5, 5.41) is 11.6. The molecule has 0 saturated heterocycles. The first-order chi connectivity index (χ1) is 7.81. The molecule has 0 amide bonds. The van der Waals surface area contributed by atoms with E-state index < -0.39 is 12.7 Å². The molecule has 0 saturated carbocycles. The van der Waals surface area contributed by atoms with E-state index in [4.69, 9.17) is 0 Å². The Kier molecular flexibility index (Phi) is 4.70. The molecule has 0 unspecified atom stereocenters. The third-order valence-electron chi connectivity index (χ3n) is 2.13. The zero-order chi connectivity index (χ0) is 13.1. The number of hydrogen-bond acceptors (Lipinski definition) is 5. The van der Waals surface area contributed by atoms with Crippen LogP contribution in [0.1, 0.15) is 18.9 Å². The van der Waals surface area contributed by atoms with Gasteiger partial charge >= 0.3 is 6.18 Å². The van der Waals surface area contributed by atoms with Crippen LogP contribution in [0.15, 0.2) is 0 Å². The fourth-order valence-electron chi connectivity index (χ4n) is 1.24. The Morgan fingerprint density at radius 3 is 2.41 bits per heavy atom. The van der Waals surface area contributed by atoms with Crippen molar-refractivity contribution >= 4 is 16.5 Å². The summed E-state index contributed by atoms with van der Waals surface area (Å²) in [5.74, 6) is 0. The van der Waals surface area contributed by atoms with Gasteiger partial charge in [-0.15, -0.1) is 10.2 Å². The molecule has 0 bridgehead atoms. The highest BCUT2D eigenvalue weighted by atomic mass is 32.1. The summed E-state index contributed by atoms with van der Waals surface area (Å²) in [6.45, 7) is 2.69. The monoisotopic (exact) mass is 268 g/mol. The Hall–Kier alpha value is -0.890. The van der Waals surface area contributed by atoms with Gasteiger partial charge in [-0.1, -0.05) is 11.3 Å². The molecule has 1 heterocycles. The summed E-state index contributed by atoms with van der Waals surface area (Å²) in [7, 11) is 1.69. The zero-order valence-electron chi connectivity index (χ0n) is 9.88. The molecule has 4 nitrogen and oxygen atoms in total. The van der Waals surface area contributed by atoms with E-state index in [-0.39, 0.29) is 12.6 Å². The lowest BCUT2D eigenvalue weighted by atomic mass is 10.3.